The summed E-state index contributed by atoms with van der Waals surface area (Å²) in [6.45, 7) is 11.9. The molecule has 7 nitrogen and oxygen atoms in total. The Morgan fingerprint density at radius 1 is 0.900 bits per heavy atom. The topological polar surface area (TPSA) is 52.8 Å². The number of piperidine rings is 1. The lowest BCUT2D eigenvalue weighted by Crippen LogP contribution is -2.44. The van der Waals surface area contributed by atoms with E-state index in [1.807, 2.05) is 16.8 Å². The first-order valence-electron chi connectivity index (χ1n) is 14.9. The van der Waals surface area contributed by atoms with Crippen LogP contribution in [-0.4, -0.2) is 81.2 Å². The molecule has 5 heterocycles. The van der Waals surface area contributed by atoms with Gasteiger partial charge in [-0.1, -0.05) is 13.8 Å². The minimum absolute atomic E-state index is 0.255. The molecule has 0 N–H and O–H groups in total. The van der Waals surface area contributed by atoms with Crippen LogP contribution in [0.1, 0.15) is 45.2 Å². The molecule has 8 heteroatoms. The average Bonchev–Trinajstić information content (AvgIpc) is 3.67. The quantitative estimate of drug-likeness (QED) is 0.277. The molecule has 0 saturated carbocycles. The highest BCUT2D eigenvalue weighted by Gasteiger charge is 2.27. The molecule has 2 saturated heterocycles. The van der Waals surface area contributed by atoms with Crippen LogP contribution in [0.5, 0.6) is 0 Å². The normalized spacial score (nSPS) is 16.9. The van der Waals surface area contributed by atoms with Crippen LogP contribution in [0.15, 0.2) is 54.7 Å². The van der Waals surface area contributed by atoms with Crippen molar-refractivity contribution in [2.45, 2.75) is 52.0 Å². The summed E-state index contributed by atoms with van der Waals surface area (Å²) in [4.78, 5) is 17.2. The molecule has 4 aromatic rings. The van der Waals surface area contributed by atoms with E-state index in [9.17, 15) is 4.39 Å². The molecule has 0 bridgehead atoms. The number of nitrogens with zero attached hydrogens (tertiary/aromatic N) is 7. The van der Waals surface area contributed by atoms with Crippen LogP contribution in [0.2, 0.25) is 0 Å². The van der Waals surface area contributed by atoms with Crippen molar-refractivity contribution in [1.82, 2.24) is 29.4 Å². The van der Waals surface area contributed by atoms with Gasteiger partial charge >= 0.3 is 0 Å². The van der Waals surface area contributed by atoms with Crippen molar-refractivity contribution in [1.29, 1.82) is 0 Å². The van der Waals surface area contributed by atoms with E-state index in [2.05, 4.69) is 51.7 Å². The third-order valence-corrected chi connectivity index (χ3v) is 8.70. The van der Waals surface area contributed by atoms with Crippen LogP contribution in [0, 0.1) is 5.82 Å². The van der Waals surface area contributed by atoms with E-state index >= 15 is 0 Å². The number of pyridine rings is 1. The summed E-state index contributed by atoms with van der Waals surface area (Å²) in [5.74, 6) is 0.724. The minimum Gasteiger partial charge on any atom is -0.355 e. The zero-order valence-corrected chi connectivity index (χ0v) is 23.8. The van der Waals surface area contributed by atoms with Gasteiger partial charge < -0.3 is 14.7 Å². The predicted octanol–water partition coefficient (Wildman–Crippen LogP) is 5.55. The standard InChI is InChI=1S/C32H40FN7/c1-3-37(4-2)20-14-27-23-25(13-17-34-27)32-31(24-7-9-26(33)10-8-24)35-29-11-12-30(36-40(29)32)39-21-15-28(16-22-39)38-18-5-6-19-38/h7-13,17,23,28H,3-6,14-16,18-22H2,1-2H3. The molecule has 1 aromatic carbocycles. The van der Waals surface area contributed by atoms with Crippen molar-refractivity contribution >= 4 is 11.5 Å². The van der Waals surface area contributed by atoms with Crippen LogP contribution in [0.25, 0.3) is 28.2 Å². The van der Waals surface area contributed by atoms with E-state index in [1.165, 1.54) is 50.9 Å². The first-order chi connectivity index (χ1) is 19.6. The molecule has 0 atom stereocenters. The van der Waals surface area contributed by atoms with Crippen LogP contribution < -0.4 is 4.90 Å². The number of hydrogen-bond donors (Lipinski definition) is 0. The second-order valence-corrected chi connectivity index (χ2v) is 11.1. The predicted molar refractivity (Wildman–Crippen MR) is 159 cm³/mol. The molecule has 2 aliphatic heterocycles. The summed E-state index contributed by atoms with van der Waals surface area (Å²) in [5.41, 5.74) is 5.45. The van der Waals surface area contributed by atoms with Gasteiger partial charge in [0.05, 0.1) is 5.69 Å². The van der Waals surface area contributed by atoms with Crippen molar-refractivity contribution in [3.05, 3.63) is 66.2 Å². The maximum Gasteiger partial charge on any atom is 0.155 e. The maximum atomic E-state index is 13.8. The van der Waals surface area contributed by atoms with Crippen molar-refractivity contribution in [2.24, 2.45) is 0 Å². The number of aromatic nitrogens is 4. The minimum atomic E-state index is -0.255. The van der Waals surface area contributed by atoms with Crippen molar-refractivity contribution in [3.8, 4) is 22.5 Å². The highest BCUT2D eigenvalue weighted by atomic mass is 19.1. The summed E-state index contributed by atoms with van der Waals surface area (Å²) in [6, 6.07) is 15.6. The van der Waals surface area contributed by atoms with Crippen LogP contribution in [0.3, 0.4) is 0 Å². The Morgan fingerprint density at radius 3 is 2.38 bits per heavy atom. The number of likely N-dealkylation sites (tertiary alicyclic amines) is 1. The number of anilines is 1. The lowest BCUT2D eigenvalue weighted by Gasteiger charge is -2.37. The van der Waals surface area contributed by atoms with Gasteiger partial charge in [-0.2, -0.15) is 0 Å². The summed E-state index contributed by atoms with van der Waals surface area (Å²) < 4.78 is 15.8. The zero-order valence-electron chi connectivity index (χ0n) is 23.8. The number of fused-ring (bicyclic) bond motifs is 1. The first-order valence-corrected chi connectivity index (χ1v) is 14.9. The van der Waals surface area contributed by atoms with Gasteiger partial charge in [-0.05, 0) is 100 Å². The van der Waals surface area contributed by atoms with Gasteiger partial charge in [-0.15, -0.1) is 5.10 Å². The average molecular weight is 542 g/mol. The molecule has 2 fully saturated rings. The number of halogens is 1. The highest BCUT2D eigenvalue weighted by molar-refractivity contribution is 5.81. The smallest absolute Gasteiger partial charge is 0.155 e. The molecule has 40 heavy (non-hydrogen) atoms. The van der Waals surface area contributed by atoms with E-state index in [-0.39, 0.29) is 5.82 Å². The Balaban J connectivity index is 1.35. The Bertz CT molecular complexity index is 1420. The van der Waals surface area contributed by atoms with Gasteiger partial charge in [-0.3, -0.25) is 4.98 Å². The fraction of sp³-hybridized carbons (Fsp3) is 0.469. The van der Waals surface area contributed by atoms with Crippen LogP contribution >= 0.6 is 0 Å². The SMILES string of the molecule is CCN(CC)CCc1cc(-c2c(-c3ccc(F)cc3)nc3ccc(N4CCC(N5CCCC5)CC4)nn23)ccn1. The van der Waals surface area contributed by atoms with Gasteiger partial charge in [-0.25, -0.2) is 13.9 Å². The highest BCUT2D eigenvalue weighted by Crippen LogP contribution is 2.34. The largest absolute Gasteiger partial charge is 0.355 e. The van der Waals surface area contributed by atoms with Gasteiger partial charge in [0, 0.05) is 55.1 Å². The molecule has 0 aliphatic carbocycles. The summed E-state index contributed by atoms with van der Waals surface area (Å²) in [6.07, 6.45) is 7.79. The molecule has 3 aromatic heterocycles. The Kier molecular flexibility index (Phi) is 8.07. The molecule has 0 amide bonds. The number of imidazole rings is 1. The second kappa shape index (κ2) is 12.0. The fourth-order valence-electron chi connectivity index (χ4n) is 6.30. The third kappa shape index (κ3) is 5.60. The summed E-state index contributed by atoms with van der Waals surface area (Å²) >= 11 is 0. The summed E-state index contributed by atoms with van der Waals surface area (Å²) in [5, 5.41) is 5.16. The molecular formula is C32H40FN7. The number of benzene rings is 1. The molecule has 0 radical (unpaired) electrons. The van der Waals surface area contributed by atoms with Gasteiger partial charge in [0.15, 0.2) is 5.65 Å². The van der Waals surface area contributed by atoms with Crippen LogP contribution in [-0.2, 0) is 6.42 Å². The molecule has 210 valence electrons. The Labute approximate surface area is 236 Å². The fourth-order valence-corrected chi connectivity index (χ4v) is 6.30. The Morgan fingerprint density at radius 2 is 1.65 bits per heavy atom. The molecule has 6 rings (SSSR count). The molecule has 0 unspecified atom stereocenters. The molecule has 0 spiro atoms. The zero-order chi connectivity index (χ0) is 27.5. The van der Waals surface area contributed by atoms with E-state index < -0.39 is 0 Å². The van der Waals surface area contributed by atoms with Crippen molar-refractivity contribution in [3.63, 3.8) is 0 Å². The number of likely N-dealkylation sites (N-methyl/N-ethyl adjacent to an activating group) is 1. The Hall–Kier alpha value is -3.36. The monoisotopic (exact) mass is 541 g/mol. The molecular weight excluding hydrogens is 501 g/mol. The van der Waals surface area contributed by atoms with Gasteiger partial charge in [0.1, 0.15) is 17.3 Å². The van der Waals surface area contributed by atoms with E-state index in [1.54, 1.807) is 12.1 Å². The van der Waals surface area contributed by atoms with Crippen LogP contribution in [0.4, 0.5) is 10.2 Å². The lowest BCUT2D eigenvalue weighted by atomic mass is 10.0. The van der Waals surface area contributed by atoms with Gasteiger partial charge in [0.25, 0.3) is 0 Å². The molecule has 2 aliphatic rings. The second-order valence-electron chi connectivity index (χ2n) is 11.1. The van der Waals surface area contributed by atoms with E-state index in [4.69, 9.17) is 10.1 Å². The summed E-state index contributed by atoms with van der Waals surface area (Å²) in [7, 11) is 0. The third-order valence-electron chi connectivity index (χ3n) is 8.70. The van der Waals surface area contributed by atoms with Crippen molar-refractivity contribution in [2.75, 3.05) is 50.7 Å². The number of hydrogen-bond acceptors (Lipinski definition) is 6. The lowest BCUT2D eigenvalue weighted by molar-refractivity contribution is 0.207. The van der Waals surface area contributed by atoms with Crippen molar-refractivity contribution < 1.29 is 4.39 Å². The first kappa shape index (κ1) is 26.8. The van der Waals surface area contributed by atoms with E-state index in [0.717, 1.165) is 78.8 Å². The van der Waals surface area contributed by atoms with Gasteiger partial charge in [0.2, 0.25) is 0 Å². The maximum absolute atomic E-state index is 13.8. The number of rotatable bonds is 9. The van der Waals surface area contributed by atoms with E-state index in [0.29, 0.717) is 6.04 Å².